The highest BCUT2D eigenvalue weighted by Gasteiger charge is 2.15. The van der Waals surface area contributed by atoms with Crippen molar-refractivity contribution in [3.05, 3.63) is 47.9 Å². The SMILES string of the molecule is COc1ccc(-c2noc(CNc3cccc(NC(C)=O)c3C)n2)c(OC)c1. The largest absolute Gasteiger partial charge is 0.497 e. The average Bonchev–Trinajstić information content (AvgIpc) is 3.16. The van der Waals surface area contributed by atoms with Crippen LogP contribution in [0, 0.1) is 6.92 Å². The maximum absolute atomic E-state index is 11.3. The molecule has 0 aliphatic heterocycles. The van der Waals surface area contributed by atoms with E-state index < -0.39 is 0 Å². The first-order valence-electron chi connectivity index (χ1n) is 8.68. The van der Waals surface area contributed by atoms with Crippen molar-refractivity contribution in [2.45, 2.75) is 20.4 Å². The number of rotatable bonds is 7. The molecule has 1 aromatic heterocycles. The van der Waals surface area contributed by atoms with Gasteiger partial charge in [-0.3, -0.25) is 4.79 Å². The van der Waals surface area contributed by atoms with Crippen LogP contribution in [0.4, 0.5) is 11.4 Å². The summed E-state index contributed by atoms with van der Waals surface area (Å²) >= 11 is 0. The van der Waals surface area contributed by atoms with E-state index in [-0.39, 0.29) is 5.91 Å². The number of nitrogens with one attached hydrogen (secondary N) is 2. The highest BCUT2D eigenvalue weighted by atomic mass is 16.5. The number of aromatic nitrogens is 2. The molecular formula is C20H22N4O4. The van der Waals surface area contributed by atoms with Crippen LogP contribution in [0.3, 0.4) is 0 Å². The molecular weight excluding hydrogens is 360 g/mol. The molecule has 0 atom stereocenters. The second-order valence-corrected chi connectivity index (χ2v) is 6.09. The fraction of sp³-hybridized carbons (Fsp3) is 0.250. The molecule has 8 nitrogen and oxygen atoms in total. The summed E-state index contributed by atoms with van der Waals surface area (Å²) in [4.78, 5) is 15.7. The van der Waals surface area contributed by atoms with Crippen molar-refractivity contribution < 1.29 is 18.8 Å². The molecule has 2 N–H and O–H groups in total. The fourth-order valence-corrected chi connectivity index (χ4v) is 2.74. The standard InChI is InChI=1S/C20H22N4O4/c1-12-16(6-5-7-17(12)22-13(2)25)21-11-19-23-20(24-28-19)15-9-8-14(26-3)10-18(15)27-4/h5-10,21H,11H2,1-4H3,(H,22,25). The molecule has 3 rings (SSSR count). The predicted octanol–water partition coefficient (Wildman–Crippen LogP) is 3.63. The zero-order valence-corrected chi connectivity index (χ0v) is 16.2. The normalized spacial score (nSPS) is 10.4. The third-order valence-electron chi connectivity index (χ3n) is 4.19. The summed E-state index contributed by atoms with van der Waals surface area (Å²) in [6.45, 7) is 3.75. The third-order valence-corrected chi connectivity index (χ3v) is 4.19. The molecule has 28 heavy (non-hydrogen) atoms. The van der Waals surface area contributed by atoms with E-state index in [0.29, 0.717) is 35.3 Å². The number of amides is 1. The van der Waals surface area contributed by atoms with Crippen molar-refractivity contribution in [2.75, 3.05) is 24.9 Å². The minimum atomic E-state index is -0.116. The van der Waals surface area contributed by atoms with Crippen molar-refractivity contribution in [2.24, 2.45) is 0 Å². The zero-order valence-electron chi connectivity index (χ0n) is 16.2. The Morgan fingerprint density at radius 2 is 1.93 bits per heavy atom. The van der Waals surface area contributed by atoms with Gasteiger partial charge >= 0.3 is 0 Å². The van der Waals surface area contributed by atoms with Gasteiger partial charge in [-0.1, -0.05) is 11.2 Å². The van der Waals surface area contributed by atoms with E-state index in [9.17, 15) is 4.79 Å². The Bertz CT molecular complexity index is 984. The molecule has 0 bridgehead atoms. The summed E-state index contributed by atoms with van der Waals surface area (Å²) in [6.07, 6.45) is 0. The number of hydrogen-bond acceptors (Lipinski definition) is 7. The van der Waals surface area contributed by atoms with Crippen LogP contribution in [0.25, 0.3) is 11.4 Å². The van der Waals surface area contributed by atoms with Gasteiger partial charge in [-0.25, -0.2) is 0 Å². The summed E-state index contributed by atoms with van der Waals surface area (Å²) < 4.78 is 15.9. The molecule has 0 aliphatic carbocycles. The Morgan fingerprint density at radius 1 is 1.14 bits per heavy atom. The van der Waals surface area contributed by atoms with Gasteiger partial charge in [0.15, 0.2) is 0 Å². The molecule has 8 heteroatoms. The summed E-state index contributed by atoms with van der Waals surface area (Å²) in [5.41, 5.74) is 3.26. The number of anilines is 2. The van der Waals surface area contributed by atoms with Gasteiger partial charge in [0, 0.05) is 24.4 Å². The van der Waals surface area contributed by atoms with Gasteiger partial charge in [-0.2, -0.15) is 4.98 Å². The maximum Gasteiger partial charge on any atom is 0.246 e. The van der Waals surface area contributed by atoms with Gasteiger partial charge in [-0.05, 0) is 36.8 Å². The fourth-order valence-electron chi connectivity index (χ4n) is 2.74. The van der Waals surface area contributed by atoms with E-state index >= 15 is 0 Å². The van der Waals surface area contributed by atoms with Gasteiger partial charge in [0.1, 0.15) is 11.5 Å². The Labute approximate surface area is 162 Å². The molecule has 146 valence electrons. The van der Waals surface area contributed by atoms with E-state index in [1.807, 2.05) is 37.3 Å². The number of methoxy groups -OCH3 is 2. The van der Waals surface area contributed by atoms with Gasteiger partial charge in [0.2, 0.25) is 17.6 Å². The van der Waals surface area contributed by atoms with Crippen molar-refractivity contribution >= 4 is 17.3 Å². The second-order valence-electron chi connectivity index (χ2n) is 6.09. The van der Waals surface area contributed by atoms with Gasteiger partial charge in [-0.15, -0.1) is 0 Å². The number of carbonyl (C=O) groups is 1. The zero-order chi connectivity index (χ0) is 20.1. The molecule has 0 aliphatic rings. The Hall–Kier alpha value is -3.55. The Kier molecular flexibility index (Phi) is 5.78. The lowest BCUT2D eigenvalue weighted by Gasteiger charge is -2.12. The molecule has 3 aromatic rings. The van der Waals surface area contributed by atoms with Crippen molar-refractivity contribution in [3.63, 3.8) is 0 Å². The van der Waals surface area contributed by atoms with Crippen LogP contribution < -0.4 is 20.1 Å². The minimum absolute atomic E-state index is 0.116. The Balaban J connectivity index is 1.75. The third kappa shape index (κ3) is 4.22. The monoisotopic (exact) mass is 382 g/mol. The van der Waals surface area contributed by atoms with Crippen molar-refractivity contribution in [1.82, 2.24) is 10.1 Å². The lowest BCUT2D eigenvalue weighted by atomic mass is 10.1. The molecule has 0 saturated carbocycles. The van der Waals surface area contributed by atoms with E-state index in [4.69, 9.17) is 14.0 Å². The van der Waals surface area contributed by atoms with Crippen LogP contribution in [0.15, 0.2) is 40.9 Å². The van der Waals surface area contributed by atoms with Crippen LogP contribution >= 0.6 is 0 Å². The lowest BCUT2D eigenvalue weighted by molar-refractivity contribution is -0.114. The topological polar surface area (TPSA) is 98.5 Å². The number of hydrogen-bond donors (Lipinski definition) is 2. The highest BCUT2D eigenvalue weighted by molar-refractivity contribution is 5.90. The van der Waals surface area contributed by atoms with E-state index in [1.165, 1.54) is 6.92 Å². The summed E-state index contributed by atoms with van der Waals surface area (Å²) in [6, 6.07) is 11.0. The van der Waals surface area contributed by atoms with Gasteiger partial charge in [0.25, 0.3) is 0 Å². The van der Waals surface area contributed by atoms with Crippen LogP contribution in [-0.2, 0) is 11.3 Å². The van der Waals surface area contributed by atoms with Gasteiger partial charge in [0.05, 0.1) is 26.3 Å². The first-order chi connectivity index (χ1) is 13.5. The maximum atomic E-state index is 11.3. The van der Waals surface area contributed by atoms with Crippen LogP contribution in [0.5, 0.6) is 11.5 Å². The average molecular weight is 382 g/mol. The smallest absolute Gasteiger partial charge is 0.246 e. The van der Waals surface area contributed by atoms with Crippen LogP contribution in [0.1, 0.15) is 18.4 Å². The lowest BCUT2D eigenvalue weighted by Crippen LogP contribution is -2.09. The molecule has 2 aromatic carbocycles. The number of nitrogens with zero attached hydrogens (tertiary/aromatic N) is 2. The molecule has 0 fully saturated rings. The first kappa shape index (κ1) is 19.2. The van der Waals surface area contributed by atoms with E-state index in [1.54, 1.807) is 20.3 Å². The molecule has 1 amide bonds. The van der Waals surface area contributed by atoms with E-state index in [0.717, 1.165) is 16.9 Å². The second kappa shape index (κ2) is 8.43. The van der Waals surface area contributed by atoms with Crippen molar-refractivity contribution in [3.8, 4) is 22.9 Å². The van der Waals surface area contributed by atoms with Crippen molar-refractivity contribution in [1.29, 1.82) is 0 Å². The molecule has 0 unspecified atom stereocenters. The van der Waals surface area contributed by atoms with E-state index in [2.05, 4.69) is 20.8 Å². The molecule has 0 radical (unpaired) electrons. The number of benzene rings is 2. The highest BCUT2D eigenvalue weighted by Crippen LogP contribution is 2.31. The quantitative estimate of drug-likeness (QED) is 0.644. The minimum Gasteiger partial charge on any atom is -0.497 e. The number of ether oxygens (including phenoxy) is 2. The Morgan fingerprint density at radius 3 is 2.64 bits per heavy atom. The van der Waals surface area contributed by atoms with Crippen LogP contribution in [-0.4, -0.2) is 30.3 Å². The predicted molar refractivity (Wildman–Crippen MR) is 106 cm³/mol. The molecule has 1 heterocycles. The summed E-state index contributed by atoms with van der Waals surface area (Å²) in [5, 5.41) is 10.1. The number of carbonyl (C=O) groups excluding carboxylic acids is 1. The summed E-state index contributed by atoms with van der Waals surface area (Å²) in [7, 11) is 3.17. The van der Waals surface area contributed by atoms with Crippen LogP contribution in [0.2, 0.25) is 0 Å². The van der Waals surface area contributed by atoms with Gasteiger partial charge < -0.3 is 24.6 Å². The molecule has 0 spiro atoms. The summed E-state index contributed by atoms with van der Waals surface area (Å²) in [5.74, 6) is 2.02. The molecule has 0 saturated heterocycles. The first-order valence-corrected chi connectivity index (χ1v) is 8.68.